The number of hydrogen-bond acceptors (Lipinski definition) is 4. The predicted octanol–water partition coefficient (Wildman–Crippen LogP) is 4.29. The lowest BCUT2D eigenvalue weighted by atomic mass is 9.89. The van der Waals surface area contributed by atoms with Crippen LogP contribution >= 0.6 is 0 Å². The molecule has 2 aromatic carbocycles. The Morgan fingerprint density at radius 1 is 1.07 bits per heavy atom. The number of amides is 1. The maximum atomic E-state index is 11.7. The maximum Gasteiger partial charge on any atom is 0.309 e. The van der Waals surface area contributed by atoms with Crippen molar-refractivity contribution in [2.45, 2.75) is 47.0 Å². The number of carbonyl (C=O) groups is 2. The highest BCUT2D eigenvalue weighted by atomic mass is 16.5. The van der Waals surface area contributed by atoms with Crippen LogP contribution in [0, 0.1) is 20.8 Å². The summed E-state index contributed by atoms with van der Waals surface area (Å²) >= 11 is 0. The van der Waals surface area contributed by atoms with E-state index in [2.05, 4.69) is 25.2 Å². The van der Waals surface area contributed by atoms with E-state index in [9.17, 15) is 9.59 Å². The van der Waals surface area contributed by atoms with Crippen LogP contribution in [0.1, 0.15) is 42.0 Å². The molecular weight excluding hydrogens is 366 g/mol. The molecule has 1 amide bonds. The zero-order valence-corrected chi connectivity index (χ0v) is 18.1. The third-order valence-corrected chi connectivity index (χ3v) is 5.02. The molecule has 2 rings (SSSR count). The molecule has 0 fully saturated rings. The van der Waals surface area contributed by atoms with E-state index < -0.39 is 0 Å². The summed E-state index contributed by atoms with van der Waals surface area (Å²) in [4.78, 5) is 23.0. The largest absolute Gasteiger partial charge is 0.494 e. The van der Waals surface area contributed by atoms with Crippen molar-refractivity contribution in [1.82, 2.24) is 5.32 Å². The van der Waals surface area contributed by atoms with Gasteiger partial charge in [-0.2, -0.15) is 0 Å². The third kappa shape index (κ3) is 6.08. The van der Waals surface area contributed by atoms with Crippen molar-refractivity contribution < 1.29 is 19.1 Å². The van der Waals surface area contributed by atoms with Gasteiger partial charge in [0.05, 0.1) is 20.1 Å². The topological polar surface area (TPSA) is 64.6 Å². The number of aryl methyl sites for hydroxylation is 2. The molecule has 1 N–H and O–H groups in total. The van der Waals surface area contributed by atoms with Crippen molar-refractivity contribution in [2.24, 2.45) is 0 Å². The van der Waals surface area contributed by atoms with Gasteiger partial charge >= 0.3 is 5.97 Å². The molecule has 5 heteroatoms. The third-order valence-electron chi connectivity index (χ3n) is 5.02. The zero-order chi connectivity index (χ0) is 21.4. The number of nitrogens with one attached hydrogen (secondary N) is 1. The van der Waals surface area contributed by atoms with Crippen LogP contribution in [0.25, 0.3) is 11.1 Å². The highest BCUT2D eigenvalue weighted by Crippen LogP contribution is 2.34. The molecule has 156 valence electrons. The van der Waals surface area contributed by atoms with Crippen molar-refractivity contribution in [3.05, 3.63) is 52.6 Å². The van der Waals surface area contributed by atoms with Crippen LogP contribution in [-0.2, 0) is 20.7 Å². The first-order chi connectivity index (χ1) is 13.9. The first-order valence-electron chi connectivity index (χ1n) is 10.0. The Balaban J connectivity index is 2.14. The van der Waals surface area contributed by atoms with Crippen molar-refractivity contribution in [3.63, 3.8) is 0 Å². The van der Waals surface area contributed by atoms with Gasteiger partial charge in [0.15, 0.2) is 0 Å². The van der Waals surface area contributed by atoms with E-state index in [1.807, 2.05) is 38.1 Å². The van der Waals surface area contributed by atoms with Crippen LogP contribution in [0.4, 0.5) is 0 Å². The minimum absolute atomic E-state index is 0.0610. The van der Waals surface area contributed by atoms with E-state index in [-0.39, 0.29) is 18.3 Å². The van der Waals surface area contributed by atoms with E-state index in [0.717, 1.165) is 45.6 Å². The average Bonchev–Trinajstić information content (AvgIpc) is 2.69. The summed E-state index contributed by atoms with van der Waals surface area (Å²) in [5, 5.41) is 2.85. The first kappa shape index (κ1) is 22.5. The Kier molecular flexibility index (Phi) is 8.25. The number of rotatable bonds is 9. The summed E-state index contributed by atoms with van der Waals surface area (Å²) in [5.41, 5.74) is 6.59. The second kappa shape index (κ2) is 10.6. The number of hydrogen-bond donors (Lipinski definition) is 1. The molecule has 0 saturated carbocycles. The zero-order valence-electron chi connectivity index (χ0n) is 18.1. The highest BCUT2D eigenvalue weighted by Gasteiger charge is 2.14. The van der Waals surface area contributed by atoms with Gasteiger partial charge in [0.25, 0.3) is 0 Å². The van der Waals surface area contributed by atoms with Gasteiger partial charge in [0.2, 0.25) is 5.91 Å². The molecule has 29 heavy (non-hydrogen) atoms. The Morgan fingerprint density at radius 3 is 2.38 bits per heavy atom. The second-order valence-electron chi connectivity index (χ2n) is 7.18. The van der Waals surface area contributed by atoms with Gasteiger partial charge < -0.3 is 14.8 Å². The summed E-state index contributed by atoms with van der Waals surface area (Å²) in [6.45, 7) is 9.20. The van der Waals surface area contributed by atoms with Crippen LogP contribution in [-0.4, -0.2) is 32.1 Å². The molecular formula is C24H31NO4. The number of esters is 1. The number of methoxy groups -OCH3 is 1. The summed E-state index contributed by atoms with van der Waals surface area (Å²) in [7, 11) is 1.41. The van der Waals surface area contributed by atoms with Crippen LogP contribution in [0.2, 0.25) is 0 Å². The van der Waals surface area contributed by atoms with Gasteiger partial charge in [-0.15, -0.1) is 0 Å². The van der Waals surface area contributed by atoms with Gasteiger partial charge in [-0.3, -0.25) is 9.59 Å². The SMILES string of the molecule is CCC(=O)NCCCOc1cc(C)c(-c2cccc(CC(=O)OC)c2C)c(C)c1. The number of ether oxygens (including phenoxy) is 2. The van der Waals surface area contributed by atoms with Gasteiger partial charge in [-0.05, 0) is 72.7 Å². The first-order valence-corrected chi connectivity index (χ1v) is 10.0. The fourth-order valence-electron chi connectivity index (χ4n) is 3.42. The minimum Gasteiger partial charge on any atom is -0.494 e. The smallest absolute Gasteiger partial charge is 0.309 e. The highest BCUT2D eigenvalue weighted by molar-refractivity contribution is 5.78. The molecule has 0 heterocycles. The van der Waals surface area contributed by atoms with Crippen molar-refractivity contribution in [1.29, 1.82) is 0 Å². The van der Waals surface area contributed by atoms with Gasteiger partial charge in [-0.25, -0.2) is 0 Å². The molecule has 0 aliphatic carbocycles. The van der Waals surface area contributed by atoms with Crippen molar-refractivity contribution in [3.8, 4) is 16.9 Å². The minimum atomic E-state index is -0.238. The van der Waals surface area contributed by atoms with E-state index in [0.29, 0.717) is 19.6 Å². The molecule has 2 aromatic rings. The normalized spacial score (nSPS) is 10.5. The van der Waals surface area contributed by atoms with Crippen molar-refractivity contribution in [2.75, 3.05) is 20.3 Å². The molecule has 0 unspecified atom stereocenters. The standard InChI is InChI=1S/C24H31NO4/c1-6-22(26)25-11-8-12-29-20-13-16(2)24(17(3)14-20)21-10-7-9-19(18(21)4)15-23(27)28-5/h7,9-10,13-14H,6,8,11-12,15H2,1-5H3,(H,25,26). The van der Waals surface area contributed by atoms with Crippen LogP contribution < -0.4 is 10.1 Å². The molecule has 0 aromatic heterocycles. The average molecular weight is 398 g/mol. The fraction of sp³-hybridized carbons (Fsp3) is 0.417. The lowest BCUT2D eigenvalue weighted by Gasteiger charge is -2.17. The molecule has 0 aliphatic heterocycles. The molecule has 0 bridgehead atoms. The Bertz CT molecular complexity index is 850. The van der Waals surface area contributed by atoms with E-state index in [4.69, 9.17) is 9.47 Å². The van der Waals surface area contributed by atoms with Crippen LogP contribution in [0.15, 0.2) is 30.3 Å². The molecule has 0 aliphatic rings. The summed E-state index contributed by atoms with van der Waals surface area (Å²) in [6.07, 6.45) is 1.53. The summed E-state index contributed by atoms with van der Waals surface area (Å²) in [6, 6.07) is 10.1. The number of carbonyl (C=O) groups excluding carboxylic acids is 2. The Hall–Kier alpha value is -2.82. The fourth-order valence-corrected chi connectivity index (χ4v) is 3.42. The molecule has 0 atom stereocenters. The molecule has 0 radical (unpaired) electrons. The quantitative estimate of drug-likeness (QED) is 0.506. The molecule has 5 nitrogen and oxygen atoms in total. The van der Waals surface area contributed by atoms with Gasteiger partial charge in [-0.1, -0.05) is 25.1 Å². The van der Waals surface area contributed by atoms with Crippen LogP contribution in [0.3, 0.4) is 0 Å². The summed E-state index contributed by atoms with van der Waals surface area (Å²) in [5.74, 6) is 0.650. The predicted molar refractivity (Wildman–Crippen MR) is 115 cm³/mol. The second-order valence-corrected chi connectivity index (χ2v) is 7.18. The lowest BCUT2D eigenvalue weighted by molar-refractivity contribution is -0.139. The monoisotopic (exact) mass is 397 g/mol. The van der Waals surface area contributed by atoms with E-state index in [1.54, 1.807) is 0 Å². The summed E-state index contributed by atoms with van der Waals surface area (Å²) < 4.78 is 10.7. The van der Waals surface area contributed by atoms with Gasteiger partial charge in [0, 0.05) is 13.0 Å². The lowest BCUT2D eigenvalue weighted by Crippen LogP contribution is -2.24. The number of benzene rings is 2. The molecule has 0 saturated heterocycles. The Labute approximate surface area is 173 Å². The van der Waals surface area contributed by atoms with Crippen LogP contribution in [0.5, 0.6) is 5.75 Å². The molecule has 0 spiro atoms. The van der Waals surface area contributed by atoms with E-state index in [1.165, 1.54) is 7.11 Å². The van der Waals surface area contributed by atoms with Crippen molar-refractivity contribution >= 4 is 11.9 Å². The Morgan fingerprint density at radius 2 is 1.76 bits per heavy atom. The van der Waals surface area contributed by atoms with E-state index >= 15 is 0 Å². The maximum absolute atomic E-state index is 11.7. The van der Waals surface area contributed by atoms with Gasteiger partial charge in [0.1, 0.15) is 5.75 Å².